The number of methoxy groups -OCH3 is 2. The highest BCUT2D eigenvalue weighted by atomic mass is 16.5. The summed E-state index contributed by atoms with van der Waals surface area (Å²) in [5.74, 6) is 1.14. The molecule has 0 aliphatic carbocycles. The molecule has 3 amide bonds. The Labute approximate surface area is 212 Å². The molecule has 9 heteroatoms. The minimum Gasteiger partial charge on any atom is -0.493 e. The first kappa shape index (κ1) is 25.8. The number of hydrogen-bond acceptors (Lipinski definition) is 6. The van der Waals surface area contributed by atoms with Gasteiger partial charge in [0.25, 0.3) is 5.91 Å². The Bertz CT molecular complexity index is 1020. The van der Waals surface area contributed by atoms with Crippen LogP contribution in [0.3, 0.4) is 0 Å². The predicted octanol–water partition coefficient (Wildman–Crippen LogP) is 2.46. The van der Waals surface area contributed by atoms with Crippen molar-refractivity contribution in [1.82, 2.24) is 20.0 Å². The number of hydrogen-bond donors (Lipinski definition) is 1. The molecule has 9 nitrogen and oxygen atoms in total. The molecule has 2 fully saturated rings. The average molecular weight is 497 g/mol. The predicted molar refractivity (Wildman–Crippen MR) is 136 cm³/mol. The third kappa shape index (κ3) is 6.67. The molecule has 0 spiro atoms. The van der Waals surface area contributed by atoms with Crippen LogP contribution in [0.25, 0.3) is 0 Å². The van der Waals surface area contributed by atoms with Gasteiger partial charge in [-0.2, -0.15) is 0 Å². The number of amides is 3. The van der Waals surface area contributed by atoms with E-state index < -0.39 is 0 Å². The topological polar surface area (TPSA) is 83.6 Å². The molecule has 2 heterocycles. The highest BCUT2D eigenvalue weighted by molar-refractivity contribution is 5.95. The van der Waals surface area contributed by atoms with Gasteiger partial charge in [0.1, 0.15) is 0 Å². The van der Waals surface area contributed by atoms with Gasteiger partial charge in [-0.25, -0.2) is 4.79 Å². The number of nitrogens with one attached hydrogen (secondary N) is 1. The summed E-state index contributed by atoms with van der Waals surface area (Å²) in [6, 6.07) is 15.1. The van der Waals surface area contributed by atoms with E-state index in [0.29, 0.717) is 56.4 Å². The van der Waals surface area contributed by atoms with Gasteiger partial charge in [0.2, 0.25) is 0 Å². The number of carbonyl (C=O) groups excluding carboxylic acids is 2. The van der Waals surface area contributed by atoms with Crippen LogP contribution in [0.15, 0.2) is 48.5 Å². The third-order valence-electron chi connectivity index (χ3n) is 6.68. The molecule has 0 saturated carbocycles. The number of ether oxygens (including phenoxy) is 3. The van der Waals surface area contributed by atoms with Crippen molar-refractivity contribution in [3.8, 4) is 11.5 Å². The van der Waals surface area contributed by atoms with E-state index in [0.717, 1.165) is 31.6 Å². The zero-order valence-corrected chi connectivity index (χ0v) is 21.2. The van der Waals surface area contributed by atoms with Crippen LogP contribution in [-0.4, -0.2) is 99.4 Å². The van der Waals surface area contributed by atoms with Crippen LogP contribution < -0.4 is 14.8 Å². The summed E-state index contributed by atoms with van der Waals surface area (Å²) in [6.07, 6.45) is 0.835. The SMILES string of the molecule is COc1ccc(C(=O)N2CCCN(C[C@@H]3CN(C(=O)NCc4ccccc4)CCO3)CC2)cc1OC. The molecule has 2 aliphatic heterocycles. The van der Waals surface area contributed by atoms with Crippen LogP contribution >= 0.6 is 0 Å². The smallest absolute Gasteiger partial charge is 0.317 e. The molecule has 2 aromatic carbocycles. The molecule has 0 aromatic heterocycles. The zero-order valence-electron chi connectivity index (χ0n) is 21.2. The molecular weight excluding hydrogens is 460 g/mol. The van der Waals surface area contributed by atoms with Crippen molar-refractivity contribution in [3.63, 3.8) is 0 Å². The number of morpholine rings is 1. The van der Waals surface area contributed by atoms with Gasteiger partial charge < -0.3 is 29.3 Å². The summed E-state index contributed by atoms with van der Waals surface area (Å²) in [6.45, 7) is 5.91. The van der Waals surface area contributed by atoms with Crippen molar-refractivity contribution in [2.75, 3.05) is 66.6 Å². The Morgan fingerprint density at radius 1 is 0.944 bits per heavy atom. The minimum absolute atomic E-state index is 0.00650. The second kappa shape index (κ2) is 12.6. The fourth-order valence-electron chi connectivity index (χ4n) is 4.70. The van der Waals surface area contributed by atoms with E-state index in [4.69, 9.17) is 14.2 Å². The molecule has 1 N–H and O–H groups in total. The zero-order chi connectivity index (χ0) is 25.3. The lowest BCUT2D eigenvalue weighted by Gasteiger charge is -2.35. The van der Waals surface area contributed by atoms with E-state index in [-0.39, 0.29) is 18.0 Å². The molecule has 2 saturated heterocycles. The molecule has 194 valence electrons. The Morgan fingerprint density at radius 2 is 1.75 bits per heavy atom. The molecule has 0 bridgehead atoms. The van der Waals surface area contributed by atoms with Gasteiger partial charge in [0, 0.05) is 51.4 Å². The van der Waals surface area contributed by atoms with Crippen LogP contribution in [0, 0.1) is 0 Å². The second-order valence-electron chi connectivity index (χ2n) is 9.10. The summed E-state index contributed by atoms with van der Waals surface area (Å²) in [7, 11) is 3.15. The first-order chi connectivity index (χ1) is 17.6. The first-order valence-corrected chi connectivity index (χ1v) is 12.5. The van der Waals surface area contributed by atoms with Gasteiger partial charge in [0.15, 0.2) is 11.5 Å². The van der Waals surface area contributed by atoms with Crippen molar-refractivity contribution >= 4 is 11.9 Å². The summed E-state index contributed by atoms with van der Waals surface area (Å²) < 4.78 is 16.6. The molecule has 0 radical (unpaired) electrons. The Morgan fingerprint density at radius 3 is 2.53 bits per heavy atom. The van der Waals surface area contributed by atoms with Gasteiger partial charge in [0.05, 0.1) is 26.9 Å². The Kier molecular flexibility index (Phi) is 9.02. The highest BCUT2D eigenvalue weighted by Crippen LogP contribution is 2.28. The summed E-state index contributed by atoms with van der Waals surface area (Å²) in [5, 5.41) is 3.01. The maximum Gasteiger partial charge on any atom is 0.317 e. The van der Waals surface area contributed by atoms with Crippen LogP contribution in [-0.2, 0) is 11.3 Å². The summed E-state index contributed by atoms with van der Waals surface area (Å²) in [4.78, 5) is 31.9. The summed E-state index contributed by atoms with van der Waals surface area (Å²) in [5.41, 5.74) is 1.67. The fourth-order valence-corrected chi connectivity index (χ4v) is 4.70. The number of nitrogens with zero attached hydrogens (tertiary/aromatic N) is 3. The van der Waals surface area contributed by atoms with Crippen LogP contribution in [0.1, 0.15) is 22.3 Å². The van der Waals surface area contributed by atoms with E-state index in [2.05, 4.69) is 10.2 Å². The number of rotatable bonds is 7. The molecular formula is C27H36N4O5. The minimum atomic E-state index is -0.0605. The van der Waals surface area contributed by atoms with Gasteiger partial charge in [-0.05, 0) is 36.7 Å². The van der Waals surface area contributed by atoms with Crippen LogP contribution in [0.5, 0.6) is 11.5 Å². The quantitative estimate of drug-likeness (QED) is 0.634. The normalized spacial score (nSPS) is 18.9. The number of benzene rings is 2. The van der Waals surface area contributed by atoms with Crippen molar-refractivity contribution < 1.29 is 23.8 Å². The maximum atomic E-state index is 13.1. The van der Waals surface area contributed by atoms with E-state index in [1.165, 1.54) is 0 Å². The van der Waals surface area contributed by atoms with E-state index in [9.17, 15) is 9.59 Å². The van der Waals surface area contributed by atoms with E-state index >= 15 is 0 Å². The standard InChI is InChI=1S/C27H36N4O5/c1-34-24-10-9-22(17-25(24)35-2)26(32)30-12-6-11-29(13-14-30)19-23-20-31(15-16-36-23)27(33)28-18-21-7-4-3-5-8-21/h3-5,7-10,17,23H,6,11-16,18-20H2,1-2H3,(H,28,33)/t23-/m1/s1. The lowest BCUT2D eigenvalue weighted by Crippen LogP contribution is -2.52. The van der Waals surface area contributed by atoms with Gasteiger partial charge in [-0.15, -0.1) is 0 Å². The second-order valence-corrected chi connectivity index (χ2v) is 9.10. The largest absolute Gasteiger partial charge is 0.493 e. The van der Waals surface area contributed by atoms with Gasteiger partial charge >= 0.3 is 6.03 Å². The third-order valence-corrected chi connectivity index (χ3v) is 6.68. The van der Waals surface area contributed by atoms with Crippen molar-refractivity contribution in [2.45, 2.75) is 19.1 Å². The number of urea groups is 1. The Hall–Kier alpha value is -3.30. The van der Waals surface area contributed by atoms with Crippen LogP contribution in [0.4, 0.5) is 4.79 Å². The molecule has 0 unspecified atom stereocenters. The molecule has 36 heavy (non-hydrogen) atoms. The fraction of sp³-hybridized carbons (Fsp3) is 0.481. The van der Waals surface area contributed by atoms with E-state index in [1.54, 1.807) is 32.4 Å². The van der Waals surface area contributed by atoms with Crippen molar-refractivity contribution in [2.24, 2.45) is 0 Å². The van der Waals surface area contributed by atoms with Crippen molar-refractivity contribution in [3.05, 3.63) is 59.7 Å². The lowest BCUT2D eigenvalue weighted by atomic mass is 10.1. The molecule has 1 atom stereocenters. The average Bonchev–Trinajstić information content (AvgIpc) is 3.17. The monoisotopic (exact) mass is 496 g/mol. The van der Waals surface area contributed by atoms with E-state index in [1.807, 2.05) is 40.1 Å². The summed E-state index contributed by atoms with van der Waals surface area (Å²) >= 11 is 0. The van der Waals surface area contributed by atoms with Gasteiger partial charge in [-0.3, -0.25) is 9.69 Å². The van der Waals surface area contributed by atoms with Crippen LogP contribution in [0.2, 0.25) is 0 Å². The molecule has 2 aliphatic rings. The Balaban J connectivity index is 1.26. The molecule has 2 aromatic rings. The lowest BCUT2D eigenvalue weighted by molar-refractivity contribution is -0.0299. The van der Waals surface area contributed by atoms with Gasteiger partial charge in [-0.1, -0.05) is 30.3 Å². The number of carbonyl (C=O) groups is 2. The first-order valence-electron chi connectivity index (χ1n) is 12.5. The maximum absolute atomic E-state index is 13.1. The highest BCUT2D eigenvalue weighted by Gasteiger charge is 2.27. The van der Waals surface area contributed by atoms with Crippen molar-refractivity contribution in [1.29, 1.82) is 0 Å². The molecule has 4 rings (SSSR count).